The van der Waals surface area contributed by atoms with Crippen molar-refractivity contribution < 1.29 is 5.11 Å². The molecule has 0 spiro atoms. The van der Waals surface area contributed by atoms with Crippen LogP contribution in [0.15, 0.2) is 60.7 Å². The van der Waals surface area contributed by atoms with Crippen molar-refractivity contribution in [3.63, 3.8) is 0 Å². The maximum absolute atomic E-state index is 11.4. The molecule has 2 heteroatoms. The lowest BCUT2D eigenvalue weighted by molar-refractivity contribution is 0.00736. The summed E-state index contributed by atoms with van der Waals surface area (Å²) in [5.74, 6) is 0. The van der Waals surface area contributed by atoms with Gasteiger partial charge in [0.15, 0.2) is 0 Å². The maximum atomic E-state index is 11.4. The predicted octanol–water partition coefficient (Wildman–Crippen LogP) is 4.38. The molecule has 1 N–H and O–H groups in total. The summed E-state index contributed by atoms with van der Waals surface area (Å²) < 4.78 is 0. The van der Waals surface area contributed by atoms with Gasteiger partial charge in [-0.25, -0.2) is 0 Å². The Morgan fingerprint density at radius 2 is 1.42 bits per heavy atom. The molecular weight excluding hydrogens is 294 g/mol. The fourth-order valence-electron chi connectivity index (χ4n) is 3.68. The monoisotopic (exact) mass is 323 g/mol. The minimum absolute atomic E-state index is 0.742. The molecular formula is C22H29NO. The van der Waals surface area contributed by atoms with Gasteiger partial charge in [0.2, 0.25) is 0 Å². The fraction of sp³-hybridized carbons (Fsp3) is 0.455. The number of aliphatic hydroxyl groups is 1. The zero-order valence-electron chi connectivity index (χ0n) is 14.5. The lowest BCUT2D eigenvalue weighted by Gasteiger charge is -2.33. The molecule has 3 rings (SSSR count). The Morgan fingerprint density at radius 3 is 2.08 bits per heavy atom. The molecule has 2 aromatic carbocycles. The average molecular weight is 323 g/mol. The second kappa shape index (κ2) is 8.46. The highest BCUT2D eigenvalue weighted by molar-refractivity contribution is 5.23. The number of hydrogen-bond acceptors (Lipinski definition) is 2. The van der Waals surface area contributed by atoms with Crippen molar-refractivity contribution in [2.24, 2.45) is 0 Å². The van der Waals surface area contributed by atoms with Crippen LogP contribution in [0, 0.1) is 0 Å². The van der Waals surface area contributed by atoms with Gasteiger partial charge in [-0.3, -0.25) is 0 Å². The van der Waals surface area contributed by atoms with Gasteiger partial charge in [0.1, 0.15) is 0 Å². The Hall–Kier alpha value is -1.64. The molecule has 0 bridgehead atoms. The highest BCUT2D eigenvalue weighted by Crippen LogP contribution is 2.31. The van der Waals surface area contributed by atoms with E-state index in [0.29, 0.717) is 0 Å². The van der Waals surface area contributed by atoms with Crippen molar-refractivity contribution in [2.75, 3.05) is 19.6 Å². The smallest absolute Gasteiger partial charge is 0.0911 e. The van der Waals surface area contributed by atoms with Gasteiger partial charge in [0.05, 0.1) is 5.60 Å². The first-order chi connectivity index (χ1) is 11.8. The van der Waals surface area contributed by atoms with Crippen molar-refractivity contribution >= 4 is 0 Å². The van der Waals surface area contributed by atoms with Gasteiger partial charge in [-0.1, -0.05) is 67.1 Å². The first kappa shape index (κ1) is 17.2. The normalized spacial score (nSPS) is 18.2. The zero-order chi connectivity index (χ0) is 16.7. The summed E-state index contributed by atoms with van der Waals surface area (Å²) >= 11 is 0. The van der Waals surface area contributed by atoms with Gasteiger partial charge < -0.3 is 10.0 Å². The molecule has 0 amide bonds. The minimum atomic E-state index is -0.742. The van der Waals surface area contributed by atoms with Crippen LogP contribution in [0.4, 0.5) is 0 Å². The molecule has 1 saturated heterocycles. The molecule has 1 fully saturated rings. The highest BCUT2D eigenvalue weighted by Gasteiger charge is 2.29. The minimum Gasteiger partial charge on any atom is -0.385 e. The Labute approximate surface area is 146 Å². The van der Waals surface area contributed by atoms with Crippen molar-refractivity contribution in [3.8, 4) is 0 Å². The molecule has 1 heterocycles. The van der Waals surface area contributed by atoms with E-state index in [4.69, 9.17) is 0 Å². The quantitative estimate of drug-likeness (QED) is 0.817. The highest BCUT2D eigenvalue weighted by atomic mass is 16.3. The van der Waals surface area contributed by atoms with Crippen LogP contribution in [0.5, 0.6) is 0 Å². The van der Waals surface area contributed by atoms with E-state index in [1.165, 1.54) is 37.9 Å². The van der Waals surface area contributed by atoms with Crippen LogP contribution >= 0.6 is 0 Å². The van der Waals surface area contributed by atoms with Gasteiger partial charge in [0.25, 0.3) is 0 Å². The second-order valence-electron chi connectivity index (χ2n) is 7.04. The van der Waals surface area contributed by atoms with E-state index in [9.17, 15) is 5.11 Å². The van der Waals surface area contributed by atoms with E-state index in [0.717, 1.165) is 31.4 Å². The number of aryl methyl sites for hydroxylation is 1. The molecule has 24 heavy (non-hydrogen) atoms. The summed E-state index contributed by atoms with van der Waals surface area (Å²) in [6.07, 6.45) is 6.44. The molecule has 1 atom stereocenters. The zero-order valence-corrected chi connectivity index (χ0v) is 14.5. The predicted molar refractivity (Wildman–Crippen MR) is 100 cm³/mol. The molecule has 0 aromatic heterocycles. The van der Waals surface area contributed by atoms with Crippen molar-refractivity contribution in [1.82, 2.24) is 4.90 Å². The fourth-order valence-corrected chi connectivity index (χ4v) is 3.68. The summed E-state index contributed by atoms with van der Waals surface area (Å²) in [7, 11) is 0. The van der Waals surface area contributed by atoms with Gasteiger partial charge in [-0.05, 0) is 56.3 Å². The third kappa shape index (κ3) is 4.68. The third-order valence-electron chi connectivity index (χ3n) is 5.27. The van der Waals surface area contributed by atoms with E-state index in [2.05, 4.69) is 41.3 Å². The number of benzene rings is 2. The molecule has 2 aromatic rings. The summed E-state index contributed by atoms with van der Waals surface area (Å²) in [6, 6.07) is 20.7. The molecule has 0 saturated carbocycles. The molecule has 128 valence electrons. The summed E-state index contributed by atoms with van der Waals surface area (Å²) in [4.78, 5) is 2.51. The first-order valence-electron chi connectivity index (χ1n) is 9.30. The van der Waals surface area contributed by atoms with Crippen molar-refractivity contribution in [2.45, 2.75) is 44.1 Å². The van der Waals surface area contributed by atoms with Crippen LogP contribution in [-0.2, 0) is 12.0 Å². The Kier molecular flexibility index (Phi) is 6.06. The number of nitrogens with zero attached hydrogens (tertiary/aromatic N) is 1. The van der Waals surface area contributed by atoms with Crippen LogP contribution in [-0.4, -0.2) is 29.6 Å². The lowest BCUT2D eigenvalue weighted by Crippen LogP contribution is -2.36. The SMILES string of the molecule is OC(CCc1ccccc1)(CCN1CCCCC1)c1ccccc1. The molecule has 1 aliphatic heterocycles. The Bertz CT molecular complexity index is 592. The largest absolute Gasteiger partial charge is 0.385 e. The van der Waals surface area contributed by atoms with Gasteiger partial charge in [-0.2, -0.15) is 0 Å². The average Bonchev–Trinajstić information content (AvgIpc) is 2.67. The molecule has 0 radical (unpaired) electrons. The van der Waals surface area contributed by atoms with Crippen molar-refractivity contribution in [1.29, 1.82) is 0 Å². The number of likely N-dealkylation sites (tertiary alicyclic amines) is 1. The second-order valence-corrected chi connectivity index (χ2v) is 7.04. The number of rotatable bonds is 7. The Morgan fingerprint density at radius 1 is 0.792 bits per heavy atom. The van der Waals surface area contributed by atoms with Crippen molar-refractivity contribution in [3.05, 3.63) is 71.8 Å². The first-order valence-corrected chi connectivity index (χ1v) is 9.30. The van der Waals surface area contributed by atoms with E-state index in [1.807, 2.05) is 24.3 Å². The van der Waals surface area contributed by atoms with Crippen LogP contribution in [0.25, 0.3) is 0 Å². The van der Waals surface area contributed by atoms with Crippen LogP contribution in [0.3, 0.4) is 0 Å². The van der Waals surface area contributed by atoms with E-state index in [1.54, 1.807) is 0 Å². The lowest BCUT2D eigenvalue weighted by atomic mass is 9.84. The van der Waals surface area contributed by atoms with Crippen LogP contribution in [0.1, 0.15) is 43.2 Å². The topological polar surface area (TPSA) is 23.5 Å². The molecule has 1 aliphatic rings. The number of hydrogen-bond donors (Lipinski definition) is 1. The van der Waals surface area contributed by atoms with E-state index < -0.39 is 5.60 Å². The molecule has 2 nitrogen and oxygen atoms in total. The van der Waals surface area contributed by atoms with E-state index >= 15 is 0 Å². The van der Waals surface area contributed by atoms with Crippen LogP contribution < -0.4 is 0 Å². The van der Waals surface area contributed by atoms with E-state index in [-0.39, 0.29) is 0 Å². The summed E-state index contributed by atoms with van der Waals surface area (Å²) in [5.41, 5.74) is 1.61. The van der Waals surface area contributed by atoms with Gasteiger partial charge in [0, 0.05) is 6.54 Å². The van der Waals surface area contributed by atoms with Gasteiger partial charge >= 0.3 is 0 Å². The Balaban J connectivity index is 1.68. The maximum Gasteiger partial charge on any atom is 0.0911 e. The summed E-state index contributed by atoms with van der Waals surface area (Å²) in [6.45, 7) is 3.35. The standard InChI is InChI=1S/C22H29NO/c24-22(21-12-6-2-7-13-21,15-14-20-10-4-1-5-11-20)16-19-23-17-8-3-9-18-23/h1-2,4-7,10-13,24H,3,8-9,14-19H2. The molecule has 1 unspecified atom stereocenters. The van der Waals surface area contributed by atoms with Crippen LogP contribution in [0.2, 0.25) is 0 Å². The molecule has 0 aliphatic carbocycles. The van der Waals surface area contributed by atoms with Gasteiger partial charge in [-0.15, -0.1) is 0 Å². The third-order valence-corrected chi connectivity index (χ3v) is 5.27. The summed E-state index contributed by atoms with van der Waals surface area (Å²) in [5, 5.41) is 11.4. The number of piperidine rings is 1.